The summed E-state index contributed by atoms with van der Waals surface area (Å²) in [5, 5.41) is 233. The zero-order chi connectivity index (χ0) is 81.5. The first-order valence-electron chi connectivity index (χ1n) is 39.3. The van der Waals surface area contributed by atoms with Crippen LogP contribution in [0.5, 0.6) is 0 Å². The predicted octanol–water partition coefficient (Wildman–Crippen LogP) is -7.16. The fourth-order valence-corrected chi connectivity index (χ4v) is 21.1. The van der Waals surface area contributed by atoms with E-state index in [4.69, 9.17) is 75.8 Å². The average molecular weight is 1620 g/mol. The predicted molar refractivity (Wildman–Crippen MR) is 368 cm³/mol. The Morgan fingerprint density at radius 3 is 1.52 bits per heavy atom. The van der Waals surface area contributed by atoms with Crippen LogP contribution in [-0.4, -0.2) is 386 Å². The Balaban J connectivity index is 0.718. The summed E-state index contributed by atoms with van der Waals surface area (Å²) >= 11 is 0. The summed E-state index contributed by atoms with van der Waals surface area (Å²) in [5.74, 6) is -1.71. The number of ether oxygens (including phenoxy) is 16. The van der Waals surface area contributed by atoms with Crippen molar-refractivity contribution in [3.05, 3.63) is 11.6 Å². The second-order valence-corrected chi connectivity index (χ2v) is 35.9. The van der Waals surface area contributed by atoms with Gasteiger partial charge in [0.05, 0.1) is 64.1 Å². The van der Waals surface area contributed by atoms with Crippen molar-refractivity contribution in [3.8, 4) is 0 Å². The van der Waals surface area contributed by atoms with Gasteiger partial charge in [0.15, 0.2) is 50.1 Å². The largest absolute Gasteiger partial charge is 0.432 e. The van der Waals surface area contributed by atoms with Crippen molar-refractivity contribution >= 4 is 5.97 Å². The third-order valence-corrected chi connectivity index (χ3v) is 28.2. The highest BCUT2D eigenvalue weighted by atomic mass is 16.8. The van der Waals surface area contributed by atoms with Gasteiger partial charge in [-0.05, 0) is 116 Å². The van der Waals surface area contributed by atoms with Crippen LogP contribution in [0.1, 0.15) is 120 Å². The molecular weight excluding hydrogens is 1500 g/mol. The van der Waals surface area contributed by atoms with Crippen LogP contribution in [0.4, 0.5) is 0 Å². The van der Waals surface area contributed by atoms with E-state index in [1.54, 1.807) is 0 Å². The minimum Gasteiger partial charge on any atom is -0.432 e. The fourth-order valence-electron chi connectivity index (χ4n) is 21.1. The number of rotatable bonds is 18. The molecule has 0 aromatic rings. The fraction of sp³-hybridized carbons (Fsp3) is 0.959. The summed E-state index contributed by atoms with van der Waals surface area (Å²) < 4.78 is 95.1. The Hall–Kier alpha value is -2.23. The number of hydrogen-bond acceptors (Lipinski definition) is 38. The number of allylic oxidation sites excluding steroid dienone is 2. The van der Waals surface area contributed by atoms with E-state index in [0.29, 0.717) is 44.9 Å². The summed E-state index contributed by atoms with van der Waals surface area (Å²) in [6.07, 6.45) is -56.6. The van der Waals surface area contributed by atoms with Gasteiger partial charge in [-0.2, -0.15) is 0 Å². The van der Waals surface area contributed by atoms with Gasteiger partial charge in [-0.3, -0.25) is 4.79 Å². The topological polar surface area (TPSA) is 590 Å². The number of carbonyl (C=O) groups excluding carboxylic acids is 1. The van der Waals surface area contributed by atoms with Gasteiger partial charge in [-0.25, -0.2) is 0 Å². The first-order chi connectivity index (χ1) is 52.5. The molecule has 0 amide bonds. The molecule has 13 rings (SSSR count). The maximum Gasteiger partial charge on any atom is 0.317 e. The molecule has 4 saturated carbocycles. The van der Waals surface area contributed by atoms with Crippen LogP contribution in [0.25, 0.3) is 0 Å². The Morgan fingerprint density at radius 2 is 0.884 bits per heavy atom. The Morgan fingerprint density at radius 1 is 0.411 bits per heavy atom. The van der Waals surface area contributed by atoms with Crippen molar-refractivity contribution < 1.29 is 188 Å². The molecule has 21 N–H and O–H groups in total. The molecule has 12 fully saturated rings. The molecule has 112 heavy (non-hydrogen) atoms. The van der Waals surface area contributed by atoms with Gasteiger partial charge in [0.2, 0.25) is 6.29 Å². The summed E-state index contributed by atoms with van der Waals surface area (Å²) in [4.78, 5) is 16.1. The molecule has 8 saturated heterocycles. The van der Waals surface area contributed by atoms with E-state index in [-0.39, 0.29) is 24.7 Å². The summed E-state index contributed by atoms with van der Waals surface area (Å²) in [6, 6.07) is 0. The standard InChI is InChI=1S/C74H120O38/c1-26-40(80)46(86)52(92)60(103-26)101-24-35-45(85)48(88)59(111-64-54(94)49(89)56(27(2)104-64)108-63-55(95)57(33(78)23-99-63)109-61-50(90)41(81)30(75)20-97-61)67(106-35)112-68(96)74-17-16-69(3,4)18-29(74)28-10-11-37-71(7)14-13-39(70(5,6)36(71)12-15-72(37,8)73(28,9)19-38(74)79)107-65-53(93)47(87)44(84)34(105-65)25-102-66-58(43(83)32(77)22-100-66)110-62-51(91)42(82)31(76)21-98-62/h10,26-27,29-67,75-95H,11-25H2,1-9H3/t26-,27-,29-,30+,31+,32-,33+,34+,35+,36-,37+,38+,39-,40-,41-,42-,43-,44+,45+,46+,47-,48-,49-,50+,51+,52+,53+,54+,55+,56-,57-,58+,59+,60+,61-,62-,63-,64-,65-,66-,67-,71-,72+,73+,74+/m0/s1. The zero-order valence-corrected chi connectivity index (χ0v) is 64.2. The summed E-state index contributed by atoms with van der Waals surface area (Å²) in [7, 11) is 0. The second-order valence-electron chi connectivity index (χ2n) is 35.9. The van der Waals surface area contributed by atoms with Gasteiger partial charge >= 0.3 is 5.97 Å². The molecule has 0 radical (unpaired) electrons. The molecule has 8 aliphatic heterocycles. The van der Waals surface area contributed by atoms with Crippen LogP contribution in [0.2, 0.25) is 0 Å². The molecular formula is C74H120O38. The van der Waals surface area contributed by atoms with E-state index in [0.717, 1.165) is 5.57 Å². The molecule has 13 aliphatic rings. The van der Waals surface area contributed by atoms with E-state index >= 15 is 4.79 Å². The molecule has 38 nitrogen and oxygen atoms in total. The van der Waals surface area contributed by atoms with E-state index in [2.05, 4.69) is 54.5 Å². The lowest BCUT2D eigenvalue weighted by Gasteiger charge is -2.71. The molecule has 644 valence electrons. The summed E-state index contributed by atoms with van der Waals surface area (Å²) in [6.45, 7) is 14.7. The van der Waals surface area contributed by atoms with Gasteiger partial charge in [-0.15, -0.1) is 0 Å². The minimum absolute atomic E-state index is 0.0258. The minimum atomic E-state index is -2.12. The SMILES string of the molecule is C[C@@H]1O[C@@H](OC[C@H]2O[C@@H](OC(=O)[C@]34CCC(C)(C)C[C@H]3C3=CC[C@@H]5[C@@]6(C)CC[C@H](O[C@@H]7O[C@H](CO[C@@H]8OC[C@H](O)[C@H](O)[C@H]8O[C@@H]8OC[C@@H](O)[C@H](O)[C@H]8O)[C@@H](O)[C@H](O)[C@H]7O)C(C)(C)[C@@H]6CC[C@@]5(C)[C@]3(C)C[C@H]4O)[C@H](O[C@@H]3O[C@@H](C)[C@H](O[C@@H]4OC[C@@H](O)[C@H](O[C@@H]5OC[C@@H](O)[C@H](O)[C@H]5O)[C@H]4O)[C@@H](O)[C@H]3O)[C@@H](O)[C@@H]2O)[C@H](O)[C@H](O)[C@H]1O. The third-order valence-electron chi connectivity index (χ3n) is 28.2. The van der Waals surface area contributed by atoms with Crippen LogP contribution in [0.15, 0.2) is 11.6 Å². The normalized spacial score (nSPS) is 55.1. The van der Waals surface area contributed by atoms with E-state index in [1.165, 1.54) is 13.8 Å². The quantitative estimate of drug-likeness (QED) is 0.0344. The van der Waals surface area contributed by atoms with Crippen LogP contribution in [-0.2, 0) is 80.6 Å². The van der Waals surface area contributed by atoms with Crippen LogP contribution in [0, 0.1) is 50.2 Å². The first kappa shape index (κ1) is 87.6. The molecule has 38 heteroatoms. The number of hydrogen-bond donors (Lipinski definition) is 21. The molecule has 0 spiro atoms. The van der Waals surface area contributed by atoms with E-state index < -0.39 is 317 Å². The highest BCUT2D eigenvalue weighted by molar-refractivity contribution is 5.80. The average Bonchev–Trinajstić information content (AvgIpc) is 0.670. The van der Waals surface area contributed by atoms with E-state index in [1.807, 2.05) is 0 Å². The monoisotopic (exact) mass is 1620 g/mol. The highest BCUT2D eigenvalue weighted by Crippen LogP contribution is 2.76. The number of fused-ring (bicyclic) bond motifs is 7. The van der Waals surface area contributed by atoms with Crippen molar-refractivity contribution in [1.29, 1.82) is 0 Å². The van der Waals surface area contributed by atoms with Gasteiger partial charge in [-0.1, -0.05) is 60.1 Å². The Kier molecular flexibility index (Phi) is 26.0. The Labute approximate surface area is 646 Å². The third kappa shape index (κ3) is 15.6. The number of aliphatic hydroxyl groups excluding tert-OH is 21. The van der Waals surface area contributed by atoms with Gasteiger partial charge in [0.1, 0.15) is 158 Å². The first-order valence-corrected chi connectivity index (χ1v) is 39.3. The summed E-state index contributed by atoms with van der Waals surface area (Å²) in [5.41, 5.74) is -3.50. The molecule has 8 heterocycles. The van der Waals surface area contributed by atoms with Crippen molar-refractivity contribution in [2.24, 2.45) is 50.2 Å². The van der Waals surface area contributed by atoms with Gasteiger partial charge in [0, 0.05) is 0 Å². The van der Waals surface area contributed by atoms with Crippen molar-refractivity contribution in [3.63, 3.8) is 0 Å². The molecule has 0 aromatic carbocycles. The van der Waals surface area contributed by atoms with Gasteiger partial charge < -0.3 is 183 Å². The molecule has 0 aromatic heterocycles. The molecule has 45 atom stereocenters. The molecule has 5 aliphatic carbocycles. The lowest BCUT2D eigenvalue weighted by molar-refractivity contribution is -0.381. The number of esters is 1. The van der Waals surface area contributed by atoms with Crippen LogP contribution < -0.4 is 0 Å². The lowest BCUT2D eigenvalue weighted by atomic mass is 9.33. The van der Waals surface area contributed by atoms with Crippen molar-refractivity contribution in [2.75, 3.05) is 39.6 Å². The molecule has 0 bridgehead atoms. The molecule has 0 unspecified atom stereocenters. The maximum atomic E-state index is 16.1. The van der Waals surface area contributed by atoms with E-state index in [9.17, 15) is 107 Å². The number of carbonyl (C=O) groups is 1. The van der Waals surface area contributed by atoms with Crippen molar-refractivity contribution in [1.82, 2.24) is 0 Å². The maximum absolute atomic E-state index is 16.1. The number of aliphatic hydroxyl groups is 21. The van der Waals surface area contributed by atoms with Gasteiger partial charge in [0.25, 0.3) is 0 Å². The second kappa shape index (κ2) is 33.3. The smallest absolute Gasteiger partial charge is 0.317 e. The van der Waals surface area contributed by atoms with Crippen molar-refractivity contribution in [2.45, 2.75) is 354 Å². The Bertz CT molecular complexity index is 3220. The zero-order valence-electron chi connectivity index (χ0n) is 64.2. The lowest BCUT2D eigenvalue weighted by Crippen LogP contribution is -2.69. The van der Waals surface area contributed by atoms with Crippen LogP contribution in [0.3, 0.4) is 0 Å². The highest BCUT2D eigenvalue weighted by Gasteiger charge is 2.73. The van der Waals surface area contributed by atoms with Crippen LogP contribution >= 0.6 is 0 Å².